The fourth-order valence-corrected chi connectivity index (χ4v) is 3.83. The van der Waals surface area contributed by atoms with E-state index in [0.29, 0.717) is 11.3 Å². The molecule has 1 heterocycles. The molecule has 1 aliphatic heterocycles. The monoisotopic (exact) mass is 412 g/mol. The predicted molar refractivity (Wildman–Crippen MR) is 123 cm³/mol. The molecule has 0 aromatic heterocycles. The summed E-state index contributed by atoms with van der Waals surface area (Å²) in [5, 5.41) is 11.1. The molecule has 1 saturated heterocycles. The number of amides is 1. The van der Waals surface area contributed by atoms with Crippen LogP contribution in [0.2, 0.25) is 0 Å². The average Bonchev–Trinajstić information content (AvgIpc) is 3.05. The number of aryl methyl sites for hydroxylation is 1. The Hall–Kier alpha value is -3.86. The fourth-order valence-electron chi connectivity index (χ4n) is 3.83. The van der Waals surface area contributed by atoms with Gasteiger partial charge in [0.1, 0.15) is 5.76 Å². The zero-order valence-corrected chi connectivity index (χ0v) is 17.7. The fraction of sp³-hybridized carbons (Fsp3) is 0.154. The number of rotatable bonds is 4. The maximum Gasteiger partial charge on any atom is 0.300 e. The summed E-state index contributed by atoms with van der Waals surface area (Å²) >= 11 is 0. The molecule has 5 nitrogen and oxygen atoms in total. The Morgan fingerprint density at radius 3 is 2.06 bits per heavy atom. The van der Waals surface area contributed by atoms with Gasteiger partial charge in [0.05, 0.1) is 11.6 Å². The Balaban J connectivity index is 1.92. The smallest absolute Gasteiger partial charge is 0.300 e. The molecule has 0 bridgehead atoms. The highest BCUT2D eigenvalue weighted by Crippen LogP contribution is 2.42. The molecule has 0 radical (unpaired) electrons. The van der Waals surface area contributed by atoms with E-state index in [0.717, 1.165) is 16.8 Å². The van der Waals surface area contributed by atoms with Crippen molar-refractivity contribution in [3.05, 3.63) is 101 Å². The Labute approximate surface area is 181 Å². The molecule has 156 valence electrons. The largest absolute Gasteiger partial charge is 0.507 e. The van der Waals surface area contributed by atoms with Crippen LogP contribution in [-0.4, -0.2) is 30.9 Å². The number of aliphatic hydroxyl groups excluding tert-OH is 1. The van der Waals surface area contributed by atoms with Gasteiger partial charge in [-0.15, -0.1) is 0 Å². The van der Waals surface area contributed by atoms with Gasteiger partial charge in [-0.25, -0.2) is 0 Å². The number of aliphatic hydroxyl groups is 1. The molecule has 5 heteroatoms. The molecule has 1 amide bonds. The van der Waals surface area contributed by atoms with Crippen molar-refractivity contribution < 1.29 is 14.7 Å². The van der Waals surface area contributed by atoms with Gasteiger partial charge < -0.3 is 10.0 Å². The normalized spacial score (nSPS) is 17.8. The van der Waals surface area contributed by atoms with Gasteiger partial charge in [0.25, 0.3) is 11.7 Å². The maximum absolute atomic E-state index is 13.1. The quantitative estimate of drug-likeness (QED) is 0.384. The minimum atomic E-state index is -0.723. The Bertz CT molecular complexity index is 1150. The van der Waals surface area contributed by atoms with Gasteiger partial charge >= 0.3 is 0 Å². The molecule has 1 aliphatic rings. The molecule has 4 rings (SSSR count). The third-order valence-electron chi connectivity index (χ3n) is 5.53. The Morgan fingerprint density at radius 2 is 1.48 bits per heavy atom. The van der Waals surface area contributed by atoms with Crippen LogP contribution in [-0.2, 0) is 9.59 Å². The van der Waals surface area contributed by atoms with Crippen molar-refractivity contribution in [1.82, 2.24) is 0 Å². The van der Waals surface area contributed by atoms with Gasteiger partial charge in [-0.3, -0.25) is 14.5 Å². The van der Waals surface area contributed by atoms with Crippen LogP contribution >= 0.6 is 0 Å². The first-order valence-electron chi connectivity index (χ1n) is 10.1. The second-order valence-electron chi connectivity index (χ2n) is 7.86. The molecular weight excluding hydrogens is 388 g/mol. The lowest BCUT2D eigenvalue weighted by atomic mass is 9.95. The zero-order chi connectivity index (χ0) is 22.1. The van der Waals surface area contributed by atoms with Crippen molar-refractivity contribution in [2.45, 2.75) is 13.0 Å². The molecule has 1 fully saturated rings. The average molecular weight is 412 g/mol. The zero-order valence-electron chi connectivity index (χ0n) is 17.7. The Morgan fingerprint density at radius 1 is 0.871 bits per heavy atom. The summed E-state index contributed by atoms with van der Waals surface area (Å²) in [7, 11) is 3.89. The summed E-state index contributed by atoms with van der Waals surface area (Å²) in [6.45, 7) is 1.96. The van der Waals surface area contributed by atoms with Crippen LogP contribution in [0.3, 0.4) is 0 Å². The number of hydrogen-bond donors (Lipinski definition) is 1. The van der Waals surface area contributed by atoms with E-state index in [-0.39, 0.29) is 11.3 Å². The first-order chi connectivity index (χ1) is 14.9. The van der Waals surface area contributed by atoms with E-state index < -0.39 is 17.7 Å². The maximum atomic E-state index is 13.1. The van der Waals surface area contributed by atoms with Crippen LogP contribution in [0, 0.1) is 6.92 Å². The van der Waals surface area contributed by atoms with Gasteiger partial charge in [0.2, 0.25) is 0 Å². The van der Waals surface area contributed by atoms with E-state index >= 15 is 0 Å². The van der Waals surface area contributed by atoms with E-state index in [1.807, 2.05) is 80.5 Å². The van der Waals surface area contributed by atoms with Gasteiger partial charge in [-0.2, -0.15) is 0 Å². The first kappa shape index (κ1) is 20.4. The van der Waals surface area contributed by atoms with Crippen molar-refractivity contribution in [1.29, 1.82) is 0 Å². The van der Waals surface area contributed by atoms with Gasteiger partial charge in [-0.1, -0.05) is 60.2 Å². The number of anilines is 2. The lowest BCUT2D eigenvalue weighted by molar-refractivity contribution is -0.132. The van der Waals surface area contributed by atoms with Crippen molar-refractivity contribution in [2.75, 3.05) is 23.9 Å². The highest BCUT2D eigenvalue weighted by molar-refractivity contribution is 6.51. The van der Waals surface area contributed by atoms with Crippen molar-refractivity contribution >= 4 is 28.8 Å². The highest BCUT2D eigenvalue weighted by Gasteiger charge is 2.46. The summed E-state index contributed by atoms with van der Waals surface area (Å²) in [6.07, 6.45) is 0. The van der Waals surface area contributed by atoms with E-state index in [4.69, 9.17) is 0 Å². The topological polar surface area (TPSA) is 60.9 Å². The standard InChI is InChI=1S/C26H24N2O3/c1-17-9-13-21(14-10-17)28-23(18-11-15-20(16-12-18)27(2)3)22(25(30)26(28)31)24(29)19-7-5-4-6-8-19/h4-16,23,29H,1-3H3/b24-22+. The van der Waals surface area contributed by atoms with E-state index in [1.165, 1.54) is 4.90 Å². The molecule has 3 aromatic carbocycles. The molecular formula is C26H24N2O3. The van der Waals surface area contributed by atoms with Crippen LogP contribution in [0.25, 0.3) is 5.76 Å². The SMILES string of the molecule is Cc1ccc(N2C(=O)C(=O)/C(=C(/O)c3ccccc3)C2c2ccc(N(C)C)cc2)cc1. The van der Waals surface area contributed by atoms with Crippen LogP contribution in [0.15, 0.2) is 84.4 Å². The molecule has 3 aromatic rings. The first-order valence-corrected chi connectivity index (χ1v) is 10.1. The number of ketones is 1. The molecule has 1 N–H and O–H groups in total. The van der Waals surface area contributed by atoms with Crippen LogP contribution in [0.1, 0.15) is 22.7 Å². The summed E-state index contributed by atoms with van der Waals surface area (Å²) in [6, 6.07) is 23.2. The summed E-state index contributed by atoms with van der Waals surface area (Å²) in [5.41, 5.74) is 4.01. The summed E-state index contributed by atoms with van der Waals surface area (Å²) in [5.74, 6) is -1.51. The lowest BCUT2D eigenvalue weighted by Crippen LogP contribution is -2.29. The van der Waals surface area contributed by atoms with E-state index in [2.05, 4.69) is 0 Å². The minimum Gasteiger partial charge on any atom is -0.507 e. The molecule has 1 atom stereocenters. The van der Waals surface area contributed by atoms with Gasteiger partial charge in [0, 0.05) is 31.0 Å². The second-order valence-corrected chi connectivity index (χ2v) is 7.86. The van der Waals surface area contributed by atoms with Crippen molar-refractivity contribution in [3.8, 4) is 0 Å². The molecule has 31 heavy (non-hydrogen) atoms. The number of benzene rings is 3. The molecule has 1 unspecified atom stereocenters. The molecule has 0 aliphatic carbocycles. The number of Topliss-reactive ketones (excluding diaryl/α,β-unsaturated/α-hetero) is 1. The number of nitrogens with zero attached hydrogens (tertiary/aromatic N) is 2. The summed E-state index contributed by atoms with van der Waals surface area (Å²) < 4.78 is 0. The number of hydrogen-bond acceptors (Lipinski definition) is 4. The van der Waals surface area contributed by atoms with Gasteiger partial charge in [0.15, 0.2) is 0 Å². The van der Waals surface area contributed by atoms with E-state index in [1.54, 1.807) is 24.3 Å². The Kier molecular flexibility index (Phi) is 5.34. The third kappa shape index (κ3) is 3.70. The van der Waals surface area contributed by atoms with Crippen molar-refractivity contribution in [2.24, 2.45) is 0 Å². The highest BCUT2D eigenvalue weighted by atomic mass is 16.3. The molecule has 0 saturated carbocycles. The lowest BCUT2D eigenvalue weighted by Gasteiger charge is -2.26. The predicted octanol–water partition coefficient (Wildman–Crippen LogP) is 4.69. The van der Waals surface area contributed by atoms with Crippen LogP contribution < -0.4 is 9.80 Å². The van der Waals surface area contributed by atoms with E-state index in [9.17, 15) is 14.7 Å². The number of carbonyl (C=O) groups is 2. The third-order valence-corrected chi connectivity index (χ3v) is 5.53. The van der Waals surface area contributed by atoms with Crippen molar-refractivity contribution in [3.63, 3.8) is 0 Å². The van der Waals surface area contributed by atoms with Crippen LogP contribution in [0.5, 0.6) is 0 Å². The number of carbonyl (C=O) groups excluding carboxylic acids is 2. The second kappa shape index (κ2) is 8.11. The van der Waals surface area contributed by atoms with Crippen LogP contribution in [0.4, 0.5) is 11.4 Å². The minimum absolute atomic E-state index is 0.0920. The van der Waals surface area contributed by atoms with Gasteiger partial charge in [-0.05, 0) is 36.8 Å². The molecule has 0 spiro atoms. The summed E-state index contributed by atoms with van der Waals surface area (Å²) in [4.78, 5) is 29.7.